The number of rotatable bonds is 3. The first-order chi connectivity index (χ1) is 4.35. The van der Waals surface area contributed by atoms with Crippen LogP contribution < -0.4 is 0 Å². The van der Waals surface area contributed by atoms with E-state index < -0.39 is 0 Å². The Morgan fingerprint density at radius 3 is 2.00 bits per heavy atom. The molecule has 0 heterocycles. The van der Waals surface area contributed by atoms with Crippen LogP contribution >= 0.6 is 11.9 Å². The maximum atomic E-state index is 5.06. The van der Waals surface area contributed by atoms with Gasteiger partial charge in [0.15, 0.2) is 0 Å². The predicted octanol–water partition coefficient (Wildman–Crippen LogP) is 0.833. The van der Waals surface area contributed by atoms with Crippen molar-refractivity contribution in [3.05, 3.63) is 0 Å². The molecule has 0 amide bonds. The Kier molecular flexibility index (Phi) is 5.21. The van der Waals surface area contributed by atoms with Gasteiger partial charge in [-0.2, -0.15) is 0 Å². The molecule has 2 heteroatoms. The fourth-order valence-electron chi connectivity index (χ4n) is 0.389. The number of hydrogen-bond acceptors (Lipinski definition) is 2. The van der Waals surface area contributed by atoms with Crippen molar-refractivity contribution in [2.45, 2.75) is 0 Å². The van der Waals surface area contributed by atoms with Crippen molar-refractivity contribution in [2.24, 2.45) is 0 Å². The summed E-state index contributed by atoms with van der Waals surface area (Å²) in [6, 6.07) is 0. The summed E-state index contributed by atoms with van der Waals surface area (Å²) in [5.41, 5.74) is 0. The average Bonchev–Trinajstić information content (AvgIpc) is 1.88. The largest absolute Gasteiger partial charge is 0.227 e. The SMILES string of the molecule is C#CCN(CC#C)SC. The molecule has 0 radical (unpaired) electrons. The first-order valence-corrected chi connectivity index (χ1v) is 3.69. The third kappa shape index (κ3) is 3.97. The molecule has 0 aromatic carbocycles. The Hall–Kier alpha value is -0.570. The first kappa shape index (κ1) is 8.43. The fourth-order valence-corrected chi connectivity index (χ4v) is 0.796. The molecular weight excluding hydrogens is 130 g/mol. The molecule has 0 aliphatic rings. The zero-order valence-electron chi connectivity index (χ0n) is 5.42. The third-order valence-corrected chi connectivity index (χ3v) is 1.57. The molecule has 1 nitrogen and oxygen atoms in total. The van der Waals surface area contributed by atoms with Gasteiger partial charge in [-0.3, -0.25) is 0 Å². The molecular formula is C7H9NS. The van der Waals surface area contributed by atoms with Crippen LogP contribution in [0.25, 0.3) is 0 Å². The van der Waals surface area contributed by atoms with Crippen molar-refractivity contribution >= 4 is 11.9 Å². The minimum absolute atomic E-state index is 0.616. The van der Waals surface area contributed by atoms with Gasteiger partial charge in [0, 0.05) is 0 Å². The van der Waals surface area contributed by atoms with Gasteiger partial charge in [-0.15, -0.1) is 12.8 Å². The van der Waals surface area contributed by atoms with Crippen molar-refractivity contribution in [1.29, 1.82) is 0 Å². The van der Waals surface area contributed by atoms with E-state index in [9.17, 15) is 0 Å². The van der Waals surface area contributed by atoms with Gasteiger partial charge in [0.2, 0.25) is 0 Å². The van der Waals surface area contributed by atoms with Crippen molar-refractivity contribution < 1.29 is 0 Å². The van der Waals surface area contributed by atoms with Gasteiger partial charge < -0.3 is 0 Å². The third-order valence-electron chi connectivity index (χ3n) is 0.793. The molecule has 0 unspecified atom stereocenters. The molecule has 0 rings (SSSR count). The summed E-state index contributed by atoms with van der Waals surface area (Å²) in [6.07, 6.45) is 12.1. The van der Waals surface area contributed by atoms with Crippen LogP contribution in [0.15, 0.2) is 0 Å². The maximum absolute atomic E-state index is 5.06. The lowest BCUT2D eigenvalue weighted by molar-refractivity contribution is 0.600. The molecule has 9 heavy (non-hydrogen) atoms. The summed E-state index contributed by atoms with van der Waals surface area (Å²) >= 11 is 1.57. The summed E-state index contributed by atoms with van der Waals surface area (Å²) in [7, 11) is 0. The summed E-state index contributed by atoms with van der Waals surface area (Å²) in [5.74, 6) is 5.03. The molecule has 0 aromatic rings. The van der Waals surface area contributed by atoms with E-state index >= 15 is 0 Å². The van der Waals surface area contributed by atoms with Crippen LogP contribution in [0.1, 0.15) is 0 Å². The molecule has 0 saturated carbocycles. The van der Waals surface area contributed by atoms with Gasteiger partial charge in [0.1, 0.15) is 0 Å². The van der Waals surface area contributed by atoms with E-state index in [4.69, 9.17) is 12.8 Å². The number of hydrogen-bond donors (Lipinski definition) is 0. The molecule has 0 atom stereocenters. The second-order valence-corrected chi connectivity index (χ2v) is 2.27. The minimum Gasteiger partial charge on any atom is -0.227 e. The van der Waals surface area contributed by atoms with Crippen molar-refractivity contribution in [1.82, 2.24) is 4.31 Å². The van der Waals surface area contributed by atoms with Crippen molar-refractivity contribution in [3.63, 3.8) is 0 Å². The van der Waals surface area contributed by atoms with Gasteiger partial charge in [-0.25, -0.2) is 4.31 Å². The molecule has 0 fully saturated rings. The monoisotopic (exact) mass is 139 g/mol. The lowest BCUT2D eigenvalue weighted by Crippen LogP contribution is -2.14. The van der Waals surface area contributed by atoms with Crippen molar-refractivity contribution in [3.8, 4) is 24.7 Å². The van der Waals surface area contributed by atoms with E-state index in [2.05, 4.69) is 11.8 Å². The molecule has 0 N–H and O–H groups in total. The van der Waals surface area contributed by atoms with Crippen LogP contribution in [-0.2, 0) is 0 Å². The lowest BCUT2D eigenvalue weighted by Gasteiger charge is -2.10. The van der Waals surface area contributed by atoms with E-state index in [0.717, 1.165) is 0 Å². The second-order valence-electron chi connectivity index (χ2n) is 1.39. The van der Waals surface area contributed by atoms with Crippen molar-refractivity contribution in [2.75, 3.05) is 19.3 Å². The molecule has 0 aliphatic carbocycles. The summed E-state index contributed by atoms with van der Waals surface area (Å²) in [5, 5.41) is 0. The maximum Gasteiger partial charge on any atom is 0.0709 e. The van der Waals surface area contributed by atoms with Crippen LogP contribution in [0.5, 0.6) is 0 Å². The zero-order chi connectivity index (χ0) is 7.11. The highest BCUT2D eigenvalue weighted by atomic mass is 32.2. The number of nitrogens with zero attached hydrogens (tertiary/aromatic N) is 1. The Labute approximate surface area is 60.9 Å². The second kappa shape index (κ2) is 5.56. The normalized spacial score (nSPS) is 8.44. The van der Waals surface area contributed by atoms with E-state index in [1.165, 1.54) is 0 Å². The fraction of sp³-hybridized carbons (Fsp3) is 0.429. The van der Waals surface area contributed by atoms with E-state index in [1.54, 1.807) is 11.9 Å². The van der Waals surface area contributed by atoms with Gasteiger partial charge in [0.05, 0.1) is 13.1 Å². The number of terminal acetylenes is 2. The molecule has 0 aliphatic heterocycles. The first-order valence-electron chi connectivity index (χ1n) is 2.51. The van der Waals surface area contributed by atoms with Crippen LogP contribution in [0.3, 0.4) is 0 Å². The standard InChI is InChI=1S/C7H9NS/c1-4-6-8(9-3)7-5-2/h1-2H,6-7H2,3H3. The van der Waals surface area contributed by atoms with E-state index in [0.29, 0.717) is 13.1 Å². The quantitative estimate of drug-likeness (QED) is 0.421. The summed E-state index contributed by atoms with van der Waals surface area (Å²) < 4.78 is 1.93. The topological polar surface area (TPSA) is 3.24 Å². The van der Waals surface area contributed by atoms with Gasteiger partial charge in [-0.05, 0) is 6.26 Å². The molecule has 48 valence electrons. The zero-order valence-corrected chi connectivity index (χ0v) is 6.24. The van der Waals surface area contributed by atoms with Crippen LogP contribution in [0, 0.1) is 24.7 Å². The molecule has 0 bridgehead atoms. The predicted molar refractivity (Wildman–Crippen MR) is 42.8 cm³/mol. The van der Waals surface area contributed by atoms with E-state index in [-0.39, 0.29) is 0 Å². The van der Waals surface area contributed by atoms with Gasteiger partial charge in [0.25, 0.3) is 0 Å². The van der Waals surface area contributed by atoms with Crippen LogP contribution in [0.2, 0.25) is 0 Å². The highest BCUT2D eigenvalue weighted by Gasteiger charge is 1.94. The highest BCUT2D eigenvalue weighted by molar-refractivity contribution is 7.96. The minimum atomic E-state index is 0.616. The van der Waals surface area contributed by atoms with E-state index in [1.807, 2.05) is 10.6 Å². The molecule has 0 aromatic heterocycles. The Morgan fingerprint density at radius 2 is 1.78 bits per heavy atom. The lowest BCUT2D eigenvalue weighted by atomic mass is 10.6. The Morgan fingerprint density at radius 1 is 1.33 bits per heavy atom. The Bertz CT molecular complexity index is 124. The van der Waals surface area contributed by atoms with Gasteiger partial charge in [-0.1, -0.05) is 23.8 Å². The average molecular weight is 139 g/mol. The van der Waals surface area contributed by atoms with Crippen LogP contribution in [-0.4, -0.2) is 23.7 Å². The van der Waals surface area contributed by atoms with Crippen LogP contribution in [0.4, 0.5) is 0 Å². The molecule has 0 spiro atoms. The molecule has 0 saturated heterocycles. The summed E-state index contributed by atoms with van der Waals surface area (Å²) in [6.45, 7) is 1.23. The smallest absolute Gasteiger partial charge is 0.0709 e. The summed E-state index contributed by atoms with van der Waals surface area (Å²) in [4.78, 5) is 0. The van der Waals surface area contributed by atoms with Gasteiger partial charge >= 0.3 is 0 Å². The highest BCUT2D eigenvalue weighted by Crippen LogP contribution is 2.00. The Balaban J connectivity index is 3.47.